The number of para-hydroxylation sites is 1. The molecule has 1 amide bonds. The molecule has 0 aliphatic carbocycles. The Bertz CT molecular complexity index is 1390. The van der Waals surface area contributed by atoms with E-state index in [-0.39, 0.29) is 29.5 Å². The van der Waals surface area contributed by atoms with Crippen LogP contribution in [0.5, 0.6) is 5.75 Å². The van der Waals surface area contributed by atoms with Gasteiger partial charge in [0.15, 0.2) is 5.11 Å². The summed E-state index contributed by atoms with van der Waals surface area (Å²) in [6.07, 6.45) is 1.61. The van der Waals surface area contributed by atoms with Gasteiger partial charge in [0.25, 0.3) is 5.91 Å². The van der Waals surface area contributed by atoms with Crippen molar-refractivity contribution in [1.82, 2.24) is 4.90 Å². The summed E-state index contributed by atoms with van der Waals surface area (Å²) in [6.45, 7) is -0.0782. The minimum atomic E-state index is -1.01. The third-order valence-electron chi connectivity index (χ3n) is 5.54. The predicted molar refractivity (Wildman–Crippen MR) is 142 cm³/mol. The van der Waals surface area contributed by atoms with Crippen LogP contribution in [0.3, 0.4) is 0 Å². The normalized spacial score (nSPS) is 14.3. The Balaban J connectivity index is 1.65. The van der Waals surface area contributed by atoms with E-state index in [1.165, 1.54) is 29.0 Å². The predicted octanol–water partition coefficient (Wildman–Crippen LogP) is 4.76. The van der Waals surface area contributed by atoms with Crippen LogP contribution in [-0.2, 0) is 20.9 Å². The van der Waals surface area contributed by atoms with Gasteiger partial charge in [0, 0.05) is 10.6 Å². The number of aromatic carboxylic acids is 1. The molecule has 1 aliphatic rings. The first-order valence-electron chi connectivity index (χ1n) is 11.0. The summed E-state index contributed by atoms with van der Waals surface area (Å²) < 4.78 is 10.8. The van der Waals surface area contributed by atoms with Gasteiger partial charge >= 0.3 is 11.9 Å². The smallest absolute Gasteiger partial charge is 0.335 e. The fourth-order valence-corrected chi connectivity index (χ4v) is 4.10. The van der Waals surface area contributed by atoms with Crippen molar-refractivity contribution in [2.75, 3.05) is 18.6 Å². The molecule has 1 saturated heterocycles. The van der Waals surface area contributed by atoms with Crippen molar-refractivity contribution >= 4 is 58.5 Å². The molecule has 1 fully saturated rings. The van der Waals surface area contributed by atoms with Crippen LogP contribution in [0.25, 0.3) is 6.08 Å². The van der Waals surface area contributed by atoms with Crippen molar-refractivity contribution in [1.29, 1.82) is 0 Å². The number of nitrogens with zero attached hydrogens (tertiary/aromatic N) is 2. The topological polar surface area (TPSA) is 96.4 Å². The van der Waals surface area contributed by atoms with Gasteiger partial charge in [0.05, 0.1) is 18.4 Å². The van der Waals surface area contributed by atoms with Gasteiger partial charge in [0.2, 0.25) is 0 Å². The van der Waals surface area contributed by atoms with Gasteiger partial charge < -0.3 is 19.5 Å². The number of rotatable bonds is 8. The van der Waals surface area contributed by atoms with E-state index in [4.69, 9.17) is 38.4 Å². The van der Waals surface area contributed by atoms with Crippen LogP contribution in [-0.4, -0.2) is 46.6 Å². The summed E-state index contributed by atoms with van der Waals surface area (Å²) in [5.74, 6) is -1.50. The Morgan fingerprint density at radius 1 is 1.03 bits per heavy atom. The number of ether oxygens (including phenoxy) is 2. The number of carbonyl (C=O) groups is 3. The zero-order valence-corrected chi connectivity index (χ0v) is 21.2. The second-order valence-corrected chi connectivity index (χ2v) is 8.72. The fourth-order valence-electron chi connectivity index (χ4n) is 3.63. The van der Waals surface area contributed by atoms with E-state index in [1.807, 2.05) is 0 Å². The van der Waals surface area contributed by atoms with Crippen molar-refractivity contribution in [2.45, 2.75) is 6.61 Å². The molecule has 8 nitrogen and oxygen atoms in total. The second kappa shape index (κ2) is 11.2. The third-order valence-corrected chi connectivity index (χ3v) is 6.20. The molecule has 188 valence electrons. The Morgan fingerprint density at radius 3 is 2.35 bits per heavy atom. The maximum Gasteiger partial charge on any atom is 0.335 e. The fraction of sp³-hybridized carbons (Fsp3) is 0.111. The highest BCUT2D eigenvalue weighted by Gasteiger charge is 2.40. The number of anilines is 1. The van der Waals surface area contributed by atoms with Gasteiger partial charge in [-0.15, -0.1) is 0 Å². The summed E-state index contributed by atoms with van der Waals surface area (Å²) in [7, 11) is 1.26. The lowest BCUT2D eigenvalue weighted by molar-refractivity contribution is -0.140. The van der Waals surface area contributed by atoms with Crippen molar-refractivity contribution < 1.29 is 29.0 Å². The van der Waals surface area contributed by atoms with Crippen LogP contribution in [0, 0.1) is 0 Å². The minimum Gasteiger partial charge on any atom is -0.488 e. The number of carboxylic acid groups (broad SMARTS) is 1. The quantitative estimate of drug-likeness (QED) is 0.250. The molecule has 0 aromatic heterocycles. The molecule has 0 unspecified atom stereocenters. The number of esters is 1. The van der Waals surface area contributed by atoms with Gasteiger partial charge in [-0.2, -0.15) is 0 Å². The number of hydrogen-bond donors (Lipinski definition) is 1. The van der Waals surface area contributed by atoms with E-state index in [0.717, 1.165) is 5.56 Å². The van der Waals surface area contributed by atoms with Gasteiger partial charge in [-0.05, 0) is 66.3 Å². The molecule has 37 heavy (non-hydrogen) atoms. The molecule has 3 aromatic carbocycles. The van der Waals surface area contributed by atoms with Crippen molar-refractivity contribution in [2.24, 2.45) is 0 Å². The molecular formula is C27H21ClN2O6S. The molecule has 1 aliphatic heterocycles. The maximum absolute atomic E-state index is 13.5. The average molecular weight is 537 g/mol. The van der Waals surface area contributed by atoms with Crippen LogP contribution in [0.1, 0.15) is 21.5 Å². The molecule has 1 heterocycles. The number of methoxy groups -OCH3 is 1. The summed E-state index contributed by atoms with van der Waals surface area (Å²) >= 11 is 11.6. The average Bonchev–Trinajstić information content (AvgIpc) is 3.12. The lowest BCUT2D eigenvalue weighted by atomic mass is 10.1. The summed E-state index contributed by atoms with van der Waals surface area (Å²) in [4.78, 5) is 39.5. The number of carbonyl (C=O) groups excluding carboxylic acids is 2. The summed E-state index contributed by atoms with van der Waals surface area (Å²) in [6, 6.07) is 20.1. The highest BCUT2D eigenvalue weighted by Crippen LogP contribution is 2.31. The Hall–Kier alpha value is -4.21. The largest absolute Gasteiger partial charge is 0.488 e. The molecule has 10 heteroatoms. The number of thiocarbonyl (C=S) groups is 1. The number of benzene rings is 3. The summed E-state index contributed by atoms with van der Waals surface area (Å²) in [5.41, 5.74) is 2.22. The molecule has 0 spiro atoms. The summed E-state index contributed by atoms with van der Waals surface area (Å²) in [5, 5.41) is 9.71. The molecule has 0 bridgehead atoms. The molecule has 0 radical (unpaired) electrons. The first-order chi connectivity index (χ1) is 17.8. The number of hydrogen-bond acceptors (Lipinski definition) is 6. The number of halogens is 1. The van der Waals surface area contributed by atoms with Crippen molar-refractivity contribution in [3.63, 3.8) is 0 Å². The molecule has 4 rings (SSSR count). The Labute approximate surface area is 223 Å². The molecule has 0 atom stereocenters. The van der Waals surface area contributed by atoms with E-state index < -0.39 is 17.8 Å². The first-order valence-corrected chi connectivity index (χ1v) is 11.8. The van der Waals surface area contributed by atoms with Crippen molar-refractivity contribution in [3.05, 3.63) is 100 Å². The van der Waals surface area contributed by atoms with Crippen molar-refractivity contribution in [3.8, 4) is 5.75 Å². The Kier molecular flexibility index (Phi) is 7.86. The van der Waals surface area contributed by atoms with E-state index >= 15 is 0 Å². The first kappa shape index (κ1) is 25.9. The van der Waals surface area contributed by atoms with Crippen LogP contribution in [0.2, 0.25) is 5.02 Å². The molecule has 0 saturated carbocycles. The van der Waals surface area contributed by atoms with Crippen LogP contribution < -0.4 is 9.64 Å². The molecule has 3 aromatic rings. The van der Waals surface area contributed by atoms with E-state index in [0.29, 0.717) is 22.0 Å². The zero-order valence-electron chi connectivity index (χ0n) is 19.6. The minimum absolute atomic E-state index is 0.126. The van der Waals surface area contributed by atoms with E-state index in [9.17, 15) is 14.4 Å². The lowest BCUT2D eigenvalue weighted by Gasteiger charge is -2.19. The molecular weight excluding hydrogens is 516 g/mol. The highest BCUT2D eigenvalue weighted by molar-refractivity contribution is 7.80. The Morgan fingerprint density at radius 2 is 1.70 bits per heavy atom. The van der Waals surface area contributed by atoms with Gasteiger partial charge in [-0.25, -0.2) is 4.79 Å². The van der Waals surface area contributed by atoms with E-state index in [2.05, 4.69) is 0 Å². The third kappa shape index (κ3) is 5.79. The maximum atomic E-state index is 13.5. The van der Waals surface area contributed by atoms with Gasteiger partial charge in [-0.3, -0.25) is 14.5 Å². The zero-order chi connectivity index (χ0) is 26.5. The van der Waals surface area contributed by atoms with Gasteiger partial charge in [-0.1, -0.05) is 41.9 Å². The lowest BCUT2D eigenvalue weighted by Crippen LogP contribution is -2.35. The number of carboxylic acids is 1. The SMILES string of the molecule is COC(=O)CN1C(=S)N(c2ccc(Cl)cc2)C(=O)/C1=C/c1ccccc1OCc1ccc(C(=O)O)cc1. The standard InChI is InChI=1S/C27H21ClN2O6S/c1-35-24(31)15-29-22(25(32)30(27(29)37)21-12-10-20(28)11-13-21)14-19-4-2-3-5-23(19)36-16-17-6-8-18(9-7-17)26(33)34/h2-14H,15-16H2,1H3,(H,33,34)/b22-14-. The number of amides is 1. The van der Waals surface area contributed by atoms with Gasteiger partial charge in [0.1, 0.15) is 24.6 Å². The molecule has 1 N–H and O–H groups in total. The van der Waals surface area contributed by atoms with Crippen LogP contribution >= 0.6 is 23.8 Å². The second-order valence-electron chi connectivity index (χ2n) is 7.92. The monoisotopic (exact) mass is 536 g/mol. The van der Waals surface area contributed by atoms with E-state index in [1.54, 1.807) is 66.7 Å². The van der Waals surface area contributed by atoms with Crippen LogP contribution in [0.4, 0.5) is 5.69 Å². The highest BCUT2D eigenvalue weighted by atomic mass is 35.5. The van der Waals surface area contributed by atoms with Crippen LogP contribution in [0.15, 0.2) is 78.5 Å².